The van der Waals surface area contributed by atoms with Crippen LogP contribution in [0.25, 0.3) is 0 Å². The number of rotatable bonds is 4. The maximum absolute atomic E-state index is 4.37. The predicted molar refractivity (Wildman–Crippen MR) is 72.3 cm³/mol. The SMILES string of the molecule is Cc1ccc(NCC2CCN(C(C)C)C2)nc1. The molecule has 1 atom stereocenters. The van der Waals surface area contributed by atoms with Crippen LogP contribution in [-0.4, -0.2) is 35.6 Å². The Labute approximate surface area is 104 Å². The highest BCUT2D eigenvalue weighted by atomic mass is 15.2. The molecule has 1 aliphatic rings. The van der Waals surface area contributed by atoms with Crippen LogP contribution in [0.2, 0.25) is 0 Å². The number of aryl methyl sites for hydroxylation is 1. The van der Waals surface area contributed by atoms with E-state index >= 15 is 0 Å². The zero-order valence-corrected chi connectivity index (χ0v) is 11.1. The van der Waals surface area contributed by atoms with Crippen LogP contribution in [0.5, 0.6) is 0 Å². The second-order valence-corrected chi connectivity index (χ2v) is 5.35. The van der Waals surface area contributed by atoms with Crippen molar-refractivity contribution in [2.75, 3.05) is 25.0 Å². The molecular weight excluding hydrogens is 210 g/mol. The van der Waals surface area contributed by atoms with Crippen molar-refractivity contribution >= 4 is 5.82 Å². The van der Waals surface area contributed by atoms with Crippen molar-refractivity contribution in [2.45, 2.75) is 33.2 Å². The molecule has 0 radical (unpaired) electrons. The highest BCUT2D eigenvalue weighted by Crippen LogP contribution is 2.18. The first kappa shape index (κ1) is 12.4. The van der Waals surface area contributed by atoms with Crippen LogP contribution in [0.1, 0.15) is 25.8 Å². The minimum atomic E-state index is 0.678. The quantitative estimate of drug-likeness (QED) is 0.866. The van der Waals surface area contributed by atoms with Gasteiger partial charge in [-0.1, -0.05) is 6.07 Å². The highest BCUT2D eigenvalue weighted by Gasteiger charge is 2.23. The molecule has 0 spiro atoms. The molecule has 1 saturated heterocycles. The van der Waals surface area contributed by atoms with E-state index in [4.69, 9.17) is 0 Å². The number of nitrogens with one attached hydrogen (secondary N) is 1. The van der Waals surface area contributed by atoms with Gasteiger partial charge in [0, 0.05) is 25.3 Å². The van der Waals surface area contributed by atoms with Gasteiger partial charge in [-0.25, -0.2) is 4.98 Å². The van der Waals surface area contributed by atoms with Gasteiger partial charge in [-0.2, -0.15) is 0 Å². The average Bonchev–Trinajstić information content (AvgIpc) is 2.77. The number of pyridine rings is 1. The molecule has 2 heterocycles. The van der Waals surface area contributed by atoms with Crippen molar-refractivity contribution in [3.05, 3.63) is 23.9 Å². The zero-order chi connectivity index (χ0) is 12.3. The zero-order valence-electron chi connectivity index (χ0n) is 11.1. The monoisotopic (exact) mass is 233 g/mol. The summed E-state index contributed by atoms with van der Waals surface area (Å²) >= 11 is 0. The molecule has 1 aromatic heterocycles. The smallest absolute Gasteiger partial charge is 0.125 e. The highest BCUT2D eigenvalue weighted by molar-refractivity contribution is 5.35. The summed E-state index contributed by atoms with van der Waals surface area (Å²) in [6.07, 6.45) is 3.22. The molecule has 0 amide bonds. The third-order valence-electron chi connectivity index (χ3n) is 3.53. The fourth-order valence-electron chi connectivity index (χ4n) is 2.32. The molecule has 0 aliphatic carbocycles. The number of hydrogen-bond acceptors (Lipinski definition) is 3. The van der Waals surface area contributed by atoms with Gasteiger partial charge in [-0.15, -0.1) is 0 Å². The maximum Gasteiger partial charge on any atom is 0.125 e. The van der Waals surface area contributed by atoms with E-state index < -0.39 is 0 Å². The summed E-state index contributed by atoms with van der Waals surface area (Å²) in [4.78, 5) is 6.92. The lowest BCUT2D eigenvalue weighted by molar-refractivity contribution is 0.266. The van der Waals surface area contributed by atoms with Crippen molar-refractivity contribution in [3.63, 3.8) is 0 Å². The van der Waals surface area contributed by atoms with E-state index in [9.17, 15) is 0 Å². The van der Waals surface area contributed by atoms with Gasteiger partial charge < -0.3 is 10.2 Å². The minimum absolute atomic E-state index is 0.678. The number of anilines is 1. The van der Waals surface area contributed by atoms with Gasteiger partial charge >= 0.3 is 0 Å². The summed E-state index contributed by atoms with van der Waals surface area (Å²) in [6.45, 7) is 10.1. The topological polar surface area (TPSA) is 28.2 Å². The largest absolute Gasteiger partial charge is 0.370 e. The Bertz CT molecular complexity index is 345. The molecule has 1 unspecified atom stereocenters. The Morgan fingerprint density at radius 2 is 2.29 bits per heavy atom. The van der Waals surface area contributed by atoms with Crippen molar-refractivity contribution in [1.29, 1.82) is 0 Å². The second kappa shape index (κ2) is 5.50. The van der Waals surface area contributed by atoms with E-state index in [2.05, 4.69) is 48.1 Å². The summed E-state index contributed by atoms with van der Waals surface area (Å²) in [6, 6.07) is 4.84. The molecule has 17 heavy (non-hydrogen) atoms. The Morgan fingerprint density at radius 1 is 1.47 bits per heavy atom. The summed E-state index contributed by atoms with van der Waals surface area (Å²) < 4.78 is 0. The van der Waals surface area contributed by atoms with Gasteiger partial charge in [-0.05, 0) is 51.3 Å². The van der Waals surface area contributed by atoms with E-state index in [1.165, 1.54) is 25.1 Å². The number of aromatic nitrogens is 1. The van der Waals surface area contributed by atoms with E-state index in [0.29, 0.717) is 6.04 Å². The molecule has 2 rings (SSSR count). The lowest BCUT2D eigenvalue weighted by Gasteiger charge is -2.20. The van der Waals surface area contributed by atoms with Crippen LogP contribution < -0.4 is 5.32 Å². The summed E-state index contributed by atoms with van der Waals surface area (Å²) in [7, 11) is 0. The van der Waals surface area contributed by atoms with Crippen LogP contribution in [0.15, 0.2) is 18.3 Å². The van der Waals surface area contributed by atoms with Gasteiger partial charge in [-0.3, -0.25) is 0 Å². The standard InChI is InChI=1S/C14H23N3/c1-11(2)17-7-6-13(10-17)9-16-14-5-4-12(3)8-15-14/h4-5,8,11,13H,6-7,9-10H2,1-3H3,(H,15,16). The number of nitrogens with zero attached hydrogens (tertiary/aromatic N) is 2. The first-order chi connectivity index (χ1) is 8.15. The van der Waals surface area contributed by atoms with Crippen LogP contribution in [0.4, 0.5) is 5.82 Å². The second-order valence-electron chi connectivity index (χ2n) is 5.35. The Hall–Kier alpha value is -1.09. The third-order valence-corrected chi connectivity index (χ3v) is 3.53. The molecular formula is C14H23N3. The lowest BCUT2D eigenvalue weighted by Crippen LogP contribution is -2.29. The summed E-state index contributed by atoms with van der Waals surface area (Å²) in [5.74, 6) is 1.76. The Balaban J connectivity index is 1.78. The van der Waals surface area contributed by atoms with Gasteiger partial charge in [0.15, 0.2) is 0 Å². The maximum atomic E-state index is 4.37. The Kier molecular flexibility index (Phi) is 4.00. The third kappa shape index (κ3) is 3.43. The molecule has 1 N–H and O–H groups in total. The van der Waals surface area contributed by atoms with Crippen molar-refractivity contribution in [2.24, 2.45) is 5.92 Å². The normalized spacial score (nSPS) is 21.1. The van der Waals surface area contributed by atoms with E-state index in [1.54, 1.807) is 0 Å². The number of likely N-dealkylation sites (tertiary alicyclic amines) is 1. The summed E-state index contributed by atoms with van der Waals surface area (Å²) in [5, 5.41) is 3.44. The molecule has 1 aliphatic heterocycles. The van der Waals surface area contributed by atoms with Gasteiger partial charge in [0.1, 0.15) is 5.82 Å². The fraction of sp³-hybridized carbons (Fsp3) is 0.643. The molecule has 1 fully saturated rings. The molecule has 3 nitrogen and oxygen atoms in total. The van der Waals surface area contributed by atoms with Crippen molar-refractivity contribution in [1.82, 2.24) is 9.88 Å². The molecule has 1 aromatic rings. The molecule has 0 aromatic carbocycles. The van der Waals surface area contributed by atoms with Crippen molar-refractivity contribution < 1.29 is 0 Å². The predicted octanol–water partition coefficient (Wildman–Crippen LogP) is 2.53. The van der Waals surface area contributed by atoms with Crippen LogP contribution >= 0.6 is 0 Å². The first-order valence-electron chi connectivity index (χ1n) is 6.55. The van der Waals surface area contributed by atoms with Gasteiger partial charge in [0.25, 0.3) is 0 Å². The summed E-state index contributed by atoms with van der Waals surface area (Å²) in [5.41, 5.74) is 1.21. The minimum Gasteiger partial charge on any atom is -0.370 e. The van der Waals surface area contributed by atoms with E-state index in [0.717, 1.165) is 18.3 Å². The number of hydrogen-bond donors (Lipinski definition) is 1. The van der Waals surface area contributed by atoms with Gasteiger partial charge in [0.05, 0.1) is 0 Å². The van der Waals surface area contributed by atoms with E-state index in [1.807, 2.05) is 6.20 Å². The van der Waals surface area contributed by atoms with Crippen LogP contribution in [0.3, 0.4) is 0 Å². The molecule has 94 valence electrons. The van der Waals surface area contributed by atoms with Crippen LogP contribution in [0, 0.1) is 12.8 Å². The lowest BCUT2D eigenvalue weighted by atomic mass is 10.1. The van der Waals surface area contributed by atoms with Gasteiger partial charge in [0.2, 0.25) is 0 Å². The van der Waals surface area contributed by atoms with Crippen LogP contribution in [-0.2, 0) is 0 Å². The average molecular weight is 233 g/mol. The van der Waals surface area contributed by atoms with Crippen molar-refractivity contribution in [3.8, 4) is 0 Å². The Morgan fingerprint density at radius 3 is 2.88 bits per heavy atom. The molecule has 0 saturated carbocycles. The first-order valence-corrected chi connectivity index (χ1v) is 6.55. The fourth-order valence-corrected chi connectivity index (χ4v) is 2.32. The molecule has 3 heteroatoms. The molecule has 0 bridgehead atoms. The van der Waals surface area contributed by atoms with E-state index in [-0.39, 0.29) is 0 Å².